The normalized spacial score (nSPS) is 10.7. The van der Waals surface area contributed by atoms with Gasteiger partial charge in [-0.3, -0.25) is 0 Å². The lowest BCUT2D eigenvalue weighted by molar-refractivity contribution is 0.0698. The second kappa shape index (κ2) is 6.20. The molecule has 1 rings (SSSR count). The summed E-state index contributed by atoms with van der Waals surface area (Å²) in [5, 5.41) is 8.97. The van der Waals surface area contributed by atoms with Crippen LogP contribution in [0.25, 0.3) is 0 Å². The van der Waals surface area contributed by atoms with Crippen LogP contribution in [0, 0.1) is 0 Å². The van der Waals surface area contributed by atoms with Gasteiger partial charge in [0.15, 0.2) is 0 Å². The van der Waals surface area contributed by atoms with Gasteiger partial charge in [0.1, 0.15) is 5.82 Å². The fourth-order valence-electron chi connectivity index (χ4n) is 1.39. The van der Waals surface area contributed by atoms with Crippen molar-refractivity contribution < 1.29 is 14.6 Å². The molecule has 0 spiro atoms. The highest BCUT2D eigenvalue weighted by atomic mass is 16.5. The fourth-order valence-corrected chi connectivity index (χ4v) is 1.39. The van der Waals surface area contributed by atoms with E-state index < -0.39 is 5.97 Å². The summed E-state index contributed by atoms with van der Waals surface area (Å²) in [7, 11) is 1.83. The Hall–Kier alpha value is -1.82. The maximum absolute atomic E-state index is 10.9. The molecule has 6 nitrogen and oxygen atoms in total. The number of hydrogen-bond donors (Lipinski definition) is 2. The fraction of sp³-hybridized carbons (Fsp3) is 0.500. The molecular weight excluding hydrogens is 234 g/mol. The lowest BCUT2D eigenvalue weighted by Crippen LogP contribution is -2.25. The third-order valence-corrected chi connectivity index (χ3v) is 2.42. The zero-order chi connectivity index (χ0) is 13.7. The van der Waals surface area contributed by atoms with Crippen LogP contribution >= 0.6 is 0 Å². The molecule has 1 aromatic heterocycles. The minimum Gasteiger partial charge on any atom is -0.478 e. The van der Waals surface area contributed by atoms with Gasteiger partial charge in [-0.1, -0.05) is 0 Å². The Morgan fingerprint density at radius 2 is 2.28 bits per heavy atom. The minimum atomic E-state index is -1.05. The molecule has 0 aliphatic heterocycles. The molecule has 0 saturated heterocycles. The van der Waals surface area contributed by atoms with Crippen LogP contribution in [-0.2, 0) is 4.74 Å². The lowest BCUT2D eigenvalue weighted by atomic mass is 10.2. The first-order valence-electron chi connectivity index (χ1n) is 5.73. The van der Waals surface area contributed by atoms with E-state index >= 15 is 0 Å². The summed E-state index contributed by atoms with van der Waals surface area (Å²) in [5.74, 6) is -0.489. The van der Waals surface area contributed by atoms with Crippen LogP contribution in [0.4, 0.5) is 11.5 Å². The van der Waals surface area contributed by atoms with Crippen LogP contribution in [0.3, 0.4) is 0 Å². The number of carboxylic acid groups (broad SMARTS) is 1. The van der Waals surface area contributed by atoms with E-state index in [4.69, 9.17) is 15.6 Å². The summed E-state index contributed by atoms with van der Waals surface area (Å²) in [6.07, 6.45) is 1.53. The Kier molecular flexibility index (Phi) is 4.91. The first kappa shape index (κ1) is 14.2. The SMILES string of the molecule is CC(C)OCCN(C)c1cc(C(=O)O)c(N)cn1. The van der Waals surface area contributed by atoms with Crippen LogP contribution in [0.2, 0.25) is 0 Å². The smallest absolute Gasteiger partial charge is 0.337 e. The van der Waals surface area contributed by atoms with Crippen LogP contribution in [0.1, 0.15) is 24.2 Å². The van der Waals surface area contributed by atoms with Gasteiger partial charge in [0.2, 0.25) is 0 Å². The summed E-state index contributed by atoms with van der Waals surface area (Å²) >= 11 is 0. The average molecular weight is 253 g/mol. The molecule has 0 fully saturated rings. The molecule has 0 atom stereocenters. The predicted octanol–water partition coefficient (Wildman–Crippen LogP) is 1.22. The first-order chi connectivity index (χ1) is 8.41. The van der Waals surface area contributed by atoms with Gasteiger partial charge in [0, 0.05) is 13.6 Å². The van der Waals surface area contributed by atoms with Gasteiger partial charge in [0.25, 0.3) is 0 Å². The van der Waals surface area contributed by atoms with Crippen LogP contribution in [-0.4, -0.2) is 42.4 Å². The predicted molar refractivity (Wildman–Crippen MR) is 70.0 cm³/mol. The van der Waals surface area contributed by atoms with Crippen LogP contribution in [0.15, 0.2) is 12.3 Å². The van der Waals surface area contributed by atoms with E-state index in [2.05, 4.69) is 4.98 Å². The molecule has 0 unspecified atom stereocenters. The van der Waals surface area contributed by atoms with Gasteiger partial charge in [-0.25, -0.2) is 9.78 Å². The molecule has 0 radical (unpaired) electrons. The van der Waals surface area contributed by atoms with Crippen molar-refractivity contribution in [2.45, 2.75) is 20.0 Å². The van der Waals surface area contributed by atoms with Gasteiger partial charge in [-0.2, -0.15) is 0 Å². The molecule has 18 heavy (non-hydrogen) atoms. The number of rotatable bonds is 6. The van der Waals surface area contributed by atoms with E-state index in [1.165, 1.54) is 12.3 Å². The summed E-state index contributed by atoms with van der Waals surface area (Å²) in [5.41, 5.74) is 5.78. The first-order valence-corrected chi connectivity index (χ1v) is 5.73. The molecule has 3 N–H and O–H groups in total. The van der Waals surface area contributed by atoms with Gasteiger partial charge >= 0.3 is 5.97 Å². The standard InChI is InChI=1S/C12H19N3O3/c1-8(2)18-5-4-15(3)11-6-9(12(16)17)10(13)7-14-11/h6-8H,4-5,13H2,1-3H3,(H,16,17). The number of nitrogen functional groups attached to an aromatic ring is 1. The number of carbonyl (C=O) groups is 1. The number of carboxylic acids is 1. The van der Waals surface area contributed by atoms with Crippen LogP contribution in [0.5, 0.6) is 0 Å². The molecule has 0 aliphatic carbocycles. The highest BCUT2D eigenvalue weighted by Crippen LogP contribution is 2.17. The van der Waals surface area contributed by atoms with E-state index in [-0.39, 0.29) is 17.4 Å². The molecule has 0 saturated carbocycles. The maximum Gasteiger partial charge on any atom is 0.337 e. The van der Waals surface area contributed by atoms with Gasteiger partial charge in [0.05, 0.1) is 30.2 Å². The Morgan fingerprint density at radius 3 is 2.83 bits per heavy atom. The molecular formula is C12H19N3O3. The van der Waals surface area contributed by atoms with Gasteiger partial charge in [-0.15, -0.1) is 0 Å². The lowest BCUT2D eigenvalue weighted by Gasteiger charge is -2.19. The zero-order valence-corrected chi connectivity index (χ0v) is 10.9. The van der Waals surface area contributed by atoms with E-state index in [1.54, 1.807) is 0 Å². The number of likely N-dealkylation sites (N-methyl/N-ethyl adjacent to an activating group) is 1. The summed E-state index contributed by atoms with van der Waals surface area (Å²) < 4.78 is 5.42. The number of nitrogens with two attached hydrogens (primary N) is 1. The van der Waals surface area contributed by atoms with Crippen molar-refractivity contribution in [2.75, 3.05) is 30.8 Å². The van der Waals surface area contributed by atoms with Crippen molar-refractivity contribution in [3.8, 4) is 0 Å². The molecule has 6 heteroatoms. The molecule has 100 valence electrons. The van der Waals surface area contributed by atoms with Crippen molar-refractivity contribution in [2.24, 2.45) is 0 Å². The molecule has 0 aromatic carbocycles. The second-order valence-electron chi connectivity index (χ2n) is 4.28. The summed E-state index contributed by atoms with van der Waals surface area (Å²) in [6.45, 7) is 5.12. The average Bonchev–Trinajstić information content (AvgIpc) is 2.28. The van der Waals surface area contributed by atoms with E-state index in [1.807, 2.05) is 25.8 Å². The van der Waals surface area contributed by atoms with Crippen LogP contribution < -0.4 is 10.6 Å². The largest absolute Gasteiger partial charge is 0.478 e. The van der Waals surface area contributed by atoms with Crippen molar-refractivity contribution in [1.82, 2.24) is 4.98 Å². The number of aromatic carboxylic acids is 1. The van der Waals surface area contributed by atoms with Crippen molar-refractivity contribution in [3.63, 3.8) is 0 Å². The second-order valence-corrected chi connectivity index (χ2v) is 4.28. The Morgan fingerprint density at radius 1 is 1.61 bits per heavy atom. The van der Waals surface area contributed by atoms with E-state index in [0.29, 0.717) is 19.0 Å². The van der Waals surface area contributed by atoms with Crippen molar-refractivity contribution >= 4 is 17.5 Å². The number of hydrogen-bond acceptors (Lipinski definition) is 5. The van der Waals surface area contributed by atoms with Crippen molar-refractivity contribution in [3.05, 3.63) is 17.8 Å². The molecule has 0 bridgehead atoms. The summed E-state index contributed by atoms with van der Waals surface area (Å²) in [6, 6.07) is 1.47. The van der Waals surface area contributed by atoms with Gasteiger partial charge < -0.3 is 20.5 Å². The van der Waals surface area contributed by atoms with Crippen molar-refractivity contribution in [1.29, 1.82) is 0 Å². The third kappa shape index (κ3) is 3.89. The quantitative estimate of drug-likeness (QED) is 0.792. The number of pyridine rings is 1. The highest BCUT2D eigenvalue weighted by Gasteiger charge is 2.11. The molecule has 1 aromatic rings. The van der Waals surface area contributed by atoms with E-state index in [9.17, 15) is 4.79 Å². The summed E-state index contributed by atoms with van der Waals surface area (Å²) in [4.78, 5) is 16.9. The zero-order valence-electron chi connectivity index (χ0n) is 10.9. The third-order valence-electron chi connectivity index (χ3n) is 2.42. The Labute approximate surface area is 106 Å². The number of aromatic nitrogens is 1. The Bertz CT molecular complexity index is 421. The van der Waals surface area contributed by atoms with E-state index in [0.717, 1.165) is 0 Å². The topological polar surface area (TPSA) is 88.7 Å². The number of nitrogens with zero attached hydrogens (tertiary/aromatic N) is 2. The monoisotopic (exact) mass is 253 g/mol. The molecule has 1 heterocycles. The number of ether oxygens (including phenoxy) is 1. The van der Waals surface area contributed by atoms with Gasteiger partial charge in [-0.05, 0) is 19.9 Å². The number of anilines is 2. The minimum absolute atomic E-state index is 0.0663. The molecule has 0 aliphatic rings. The highest BCUT2D eigenvalue weighted by molar-refractivity contribution is 5.94. The Balaban J connectivity index is 2.71. The maximum atomic E-state index is 10.9. The molecule has 0 amide bonds.